The molecule has 1 fully saturated rings. The SMILES string of the molecule is CCOC(=O)C(=O)NCCN1CCN(S(C)(=O)=O)CC1. The lowest BCUT2D eigenvalue weighted by Gasteiger charge is -2.33. The van der Waals surface area contributed by atoms with Crippen molar-refractivity contribution in [3.63, 3.8) is 0 Å². The van der Waals surface area contributed by atoms with Gasteiger partial charge in [-0.3, -0.25) is 9.69 Å². The van der Waals surface area contributed by atoms with Gasteiger partial charge in [-0.15, -0.1) is 0 Å². The number of hydrogen-bond acceptors (Lipinski definition) is 6. The number of carbonyl (C=O) groups excluding carboxylic acids is 2. The number of esters is 1. The van der Waals surface area contributed by atoms with E-state index in [1.165, 1.54) is 10.6 Å². The van der Waals surface area contributed by atoms with E-state index in [9.17, 15) is 18.0 Å². The van der Waals surface area contributed by atoms with Gasteiger partial charge in [-0.1, -0.05) is 0 Å². The summed E-state index contributed by atoms with van der Waals surface area (Å²) < 4.78 is 28.7. The van der Waals surface area contributed by atoms with Gasteiger partial charge >= 0.3 is 11.9 Å². The molecule has 0 aromatic rings. The largest absolute Gasteiger partial charge is 0.459 e. The number of hydrogen-bond donors (Lipinski definition) is 1. The average Bonchev–Trinajstić information content (AvgIpc) is 2.38. The molecule has 20 heavy (non-hydrogen) atoms. The smallest absolute Gasteiger partial charge is 0.396 e. The summed E-state index contributed by atoms with van der Waals surface area (Å²) in [6, 6.07) is 0. The van der Waals surface area contributed by atoms with Gasteiger partial charge < -0.3 is 10.1 Å². The van der Waals surface area contributed by atoms with Crippen molar-refractivity contribution in [1.29, 1.82) is 0 Å². The van der Waals surface area contributed by atoms with Gasteiger partial charge in [-0.2, -0.15) is 4.31 Å². The molecule has 1 saturated heterocycles. The van der Waals surface area contributed by atoms with E-state index in [2.05, 4.69) is 10.1 Å². The van der Waals surface area contributed by atoms with E-state index >= 15 is 0 Å². The second-order valence-electron chi connectivity index (χ2n) is 4.48. The minimum absolute atomic E-state index is 0.166. The van der Waals surface area contributed by atoms with E-state index in [1.807, 2.05) is 4.90 Å². The van der Waals surface area contributed by atoms with Crippen LogP contribution in [0.2, 0.25) is 0 Å². The Balaban J connectivity index is 2.22. The highest BCUT2D eigenvalue weighted by atomic mass is 32.2. The Labute approximate surface area is 119 Å². The Kier molecular flexibility index (Phi) is 6.37. The minimum Gasteiger partial charge on any atom is -0.459 e. The van der Waals surface area contributed by atoms with E-state index in [0.717, 1.165) is 0 Å². The first-order chi connectivity index (χ1) is 9.34. The number of carbonyl (C=O) groups is 2. The van der Waals surface area contributed by atoms with Crippen molar-refractivity contribution in [2.45, 2.75) is 6.92 Å². The molecule has 1 aliphatic heterocycles. The summed E-state index contributed by atoms with van der Waals surface area (Å²) in [6.45, 7) is 4.82. The molecule has 0 unspecified atom stereocenters. The molecule has 1 rings (SSSR count). The van der Waals surface area contributed by atoms with E-state index in [1.54, 1.807) is 6.92 Å². The number of nitrogens with zero attached hydrogens (tertiary/aromatic N) is 2. The van der Waals surface area contributed by atoms with E-state index < -0.39 is 21.9 Å². The van der Waals surface area contributed by atoms with Crippen molar-refractivity contribution in [3.05, 3.63) is 0 Å². The number of amides is 1. The number of sulfonamides is 1. The molecule has 0 spiro atoms. The zero-order valence-electron chi connectivity index (χ0n) is 11.8. The van der Waals surface area contributed by atoms with Crippen LogP contribution in [0.3, 0.4) is 0 Å². The fourth-order valence-corrected chi connectivity index (χ4v) is 2.71. The molecule has 1 heterocycles. The van der Waals surface area contributed by atoms with Crippen molar-refractivity contribution in [2.24, 2.45) is 0 Å². The molecule has 1 N–H and O–H groups in total. The highest BCUT2D eigenvalue weighted by Gasteiger charge is 2.23. The van der Waals surface area contributed by atoms with Crippen molar-refractivity contribution < 1.29 is 22.7 Å². The van der Waals surface area contributed by atoms with Crippen molar-refractivity contribution >= 4 is 21.9 Å². The molecule has 8 nitrogen and oxygen atoms in total. The second kappa shape index (κ2) is 7.55. The maximum atomic E-state index is 11.3. The quantitative estimate of drug-likeness (QED) is 0.478. The number of nitrogens with one attached hydrogen (secondary N) is 1. The Morgan fingerprint density at radius 2 is 1.80 bits per heavy atom. The molecule has 0 atom stereocenters. The maximum Gasteiger partial charge on any atom is 0.396 e. The van der Waals surface area contributed by atoms with Crippen LogP contribution >= 0.6 is 0 Å². The van der Waals surface area contributed by atoms with Crippen LogP contribution in [-0.4, -0.2) is 81.6 Å². The van der Waals surface area contributed by atoms with Crippen molar-refractivity contribution in [2.75, 3.05) is 52.1 Å². The molecule has 0 radical (unpaired) electrons. The zero-order chi connectivity index (χ0) is 15.2. The van der Waals surface area contributed by atoms with Gasteiger partial charge in [0.25, 0.3) is 0 Å². The molecule has 1 amide bonds. The first kappa shape index (κ1) is 16.9. The molecular weight excluding hydrogens is 286 g/mol. The molecule has 0 aromatic carbocycles. The lowest BCUT2D eigenvalue weighted by Crippen LogP contribution is -2.50. The third kappa shape index (κ3) is 5.43. The van der Waals surface area contributed by atoms with Gasteiger partial charge in [0, 0.05) is 39.3 Å². The summed E-state index contributed by atoms with van der Waals surface area (Å²) in [5.41, 5.74) is 0. The molecule has 0 bridgehead atoms. The van der Waals surface area contributed by atoms with Crippen LogP contribution in [0, 0.1) is 0 Å². The van der Waals surface area contributed by atoms with E-state index in [4.69, 9.17) is 0 Å². The van der Waals surface area contributed by atoms with Crippen LogP contribution in [0.15, 0.2) is 0 Å². The minimum atomic E-state index is -3.13. The van der Waals surface area contributed by atoms with Crippen LogP contribution in [0.5, 0.6) is 0 Å². The van der Waals surface area contributed by atoms with Gasteiger partial charge in [0.15, 0.2) is 0 Å². The molecular formula is C11H21N3O5S. The summed E-state index contributed by atoms with van der Waals surface area (Å²) in [6.07, 6.45) is 1.20. The molecule has 1 aliphatic rings. The first-order valence-electron chi connectivity index (χ1n) is 6.47. The fraction of sp³-hybridized carbons (Fsp3) is 0.818. The van der Waals surface area contributed by atoms with Gasteiger partial charge in [0.05, 0.1) is 12.9 Å². The highest BCUT2D eigenvalue weighted by Crippen LogP contribution is 2.05. The van der Waals surface area contributed by atoms with Crippen molar-refractivity contribution in [3.8, 4) is 0 Å². The third-order valence-corrected chi connectivity index (χ3v) is 4.28. The first-order valence-corrected chi connectivity index (χ1v) is 8.32. The summed E-state index contributed by atoms with van der Waals surface area (Å²) in [4.78, 5) is 24.4. The van der Waals surface area contributed by atoms with E-state index in [-0.39, 0.29) is 6.61 Å². The topological polar surface area (TPSA) is 96.0 Å². The highest BCUT2D eigenvalue weighted by molar-refractivity contribution is 7.88. The van der Waals surface area contributed by atoms with Crippen LogP contribution < -0.4 is 5.32 Å². The molecule has 116 valence electrons. The lowest BCUT2D eigenvalue weighted by molar-refractivity contribution is -0.154. The Bertz CT molecular complexity index is 443. The van der Waals surface area contributed by atoms with E-state index in [0.29, 0.717) is 39.3 Å². The maximum absolute atomic E-state index is 11.3. The fourth-order valence-electron chi connectivity index (χ4n) is 1.88. The van der Waals surface area contributed by atoms with Crippen molar-refractivity contribution in [1.82, 2.24) is 14.5 Å². The molecule has 0 saturated carbocycles. The monoisotopic (exact) mass is 307 g/mol. The molecule has 0 aromatic heterocycles. The average molecular weight is 307 g/mol. The van der Waals surface area contributed by atoms with Crippen LogP contribution in [0.4, 0.5) is 0 Å². The zero-order valence-corrected chi connectivity index (χ0v) is 12.6. The second-order valence-corrected chi connectivity index (χ2v) is 6.46. The molecule has 9 heteroatoms. The normalized spacial score (nSPS) is 17.7. The predicted octanol–water partition coefficient (Wildman–Crippen LogP) is -1.76. The molecule has 0 aliphatic carbocycles. The predicted molar refractivity (Wildman–Crippen MR) is 72.5 cm³/mol. The van der Waals surface area contributed by atoms with Crippen LogP contribution in [-0.2, 0) is 24.3 Å². The Hall–Kier alpha value is -1.19. The van der Waals surface area contributed by atoms with Gasteiger partial charge in [-0.05, 0) is 6.92 Å². The summed E-state index contributed by atoms with van der Waals surface area (Å²) in [5, 5.41) is 2.47. The standard InChI is InChI=1S/C11H21N3O5S/c1-3-19-11(16)10(15)12-4-5-13-6-8-14(9-7-13)20(2,17)18/h3-9H2,1-2H3,(H,12,15). The van der Waals surface area contributed by atoms with Gasteiger partial charge in [0.1, 0.15) is 0 Å². The Morgan fingerprint density at radius 3 is 2.30 bits per heavy atom. The summed E-state index contributed by atoms with van der Waals surface area (Å²) >= 11 is 0. The van der Waals surface area contributed by atoms with Crippen LogP contribution in [0.1, 0.15) is 6.92 Å². The summed E-state index contributed by atoms with van der Waals surface area (Å²) in [5.74, 6) is -1.63. The lowest BCUT2D eigenvalue weighted by atomic mass is 10.3. The summed E-state index contributed by atoms with van der Waals surface area (Å²) in [7, 11) is -3.13. The number of ether oxygens (including phenoxy) is 1. The third-order valence-electron chi connectivity index (χ3n) is 2.97. The number of rotatable bonds is 5. The van der Waals surface area contributed by atoms with Gasteiger partial charge in [-0.25, -0.2) is 13.2 Å². The van der Waals surface area contributed by atoms with Gasteiger partial charge in [0.2, 0.25) is 10.0 Å². The van der Waals surface area contributed by atoms with Crippen LogP contribution in [0.25, 0.3) is 0 Å². The number of piperazine rings is 1. The Morgan fingerprint density at radius 1 is 1.20 bits per heavy atom.